The van der Waals surface area contributed by atoms with Gasteiger partial charge in [0.05, 0.1) is 6.61 Å². The molecule has 0 saturated heterocycles. The Morgan fingerprint density at radius 3 is 2.25 bits per heavy atom. The van der Waals surface area contributed by atoms with E-state index in [-0.39, 0.29) is 0 Å². The molecular formula is C24H42O2SSi. The SMILES string of the molecule is CCCC(O)(C1=CCCCC1)c1csc(CO[Si](C(C)C)(C(C)C)C(C)C)c1. The van der Waals surface area contributed by atoms with Crippen LogP contribution in [0.3, 0.4) is 0 Å². The van der Waals surface area contributed by atoms with Crippen molar-refractivity contribution in [2.75, 3.05) is 0 Å². The molecule has 0 aromatic carbocycles. The summed E-state index contributed by atoms with van der Waals surface area (Å²) in [5.74, 6) is 0. The molecule has 0 spiro atoms. The molecule has 2 rings (SSSR count). The van der Waals surface area contributed by atoms with Crippen LogP contribution in [-0.2, 0) is 16.6 Å². The smallest absolute Gasteiger partial charge is 0.200 e. The molecule has 1 aromatic rings. The molecule has 160 valence electrons. The van der Waals surface area contributed by atoms with Gasteiger partial charge in [-0.15, -0.1) is 11.3 Å². The van der Waals surface area contributed by atoms with Gasteiger partial charge >= 0.3 is 0 Å². The second-order valence-corrected chi connectivity index (χ2v) is 15.9. The Morgan fingerprint density at radius 2 is 1.75 bits per heavy atom. The summed E-state index contributed by atoms with van der Waals surface area (Å²) in [6, 6.07) is 2.22. The first-order valence-electron chi connectivity index (χ1n) is 11.3. The van der Waals surface area contributed by atoms with Crippen LogP contribution in [0.15, 0.2) is 23.1 Å². The molecule has 1 aromatic heterocycles. The lowest BCUT2D eigenvalue weighted by Crippen LogP contribution is -2.47. The summed E-state index contributed by atoms with van der Waals surface area (Å²) >= 11 is 1.75. The summed E-state index contributed by atoms with van der Waals surface area (Å²) in [4.78, 5) is 1.25. The molecule has 0 saturated carbocycles. The van der Waals surface area contributed by atoms with Crippen molar-refractivity contribution in [3.8, 4) is 0 Å². The Hall–Kier alpha value is -0.423. The Kier molecular flexibility index (Phi) is 8.57. The monoisotopic (exact) mass is 422 g/mol. The first kappa shape index (κ1) is 23.9. The molecule has 1 N–H and O–H groups in total. The van der Waals surface area contributed by atoms with E-state index in [1.54, 1.807) is 11.3 Å². The second kappa shape index (κ2) is 10.1. The highest BCUT2D eigenvalue weighted by molar-refractivity contribution is 7.10. The minimum Gasteiger partial charge on any atom is -0.411 e. The Morgan fingerprint density at radius 1 is 1.11 bits per heavy atom. The summed E-state index contributed by atoms with van der Waals surface area (Å²) in [5, 5.41) is 13.8. The topological polar surface area (TPSA) is 29.5 Å². The average Bonchev–Trinajstić information content (AvgIpc) is 3.12. The van der Waals surface area contributed by atoms with Crippen LogP contribution in [0.5, 0.6) is 0 Å². The van der Waals surface area contributed by atoms with Crippen LogP contribution in [0.4, 0.5) is 0 Å². The number of hydrogen-bond donors (Lipinski definition) is 1. The van der Waals surface area contributed by atoms with Gasteiger partial charge in [-0.2, -0.15) is 0 Å². The van der Waals surface area contributed by atoms with E-state index >= 15 is 0 Å². The number of aliphatic hydroxyl groups is 1. The van der Waals surface area contributed by atoms with Crippen molar-refractivity contribution >= 4 is 19.7 Å². The summed E-state index contributed by atoms with van der Waals surface area (Å²) in [7, 11) is -1.86. The second-order valence-electron chi connectivity index (χ2n) is 9.49. The van der Waals surface area contributed by atoms with Crippen molar-refractivity contribution in [2.45, 2.75) is 116 Å². The fourth-order valence-electron chi connectivity index (χ4n) is 5.44. The molecular weight excluding hydrogens is 380 g/mol. The molecule has 2 nitrogen and oxygen atoms in total. The first-order chi connectivity index (χ1) is 13.2. The third-order valence-corrected chi connectivity index (χ3v) is 13.7. The Labute approximate surface area is 178 Å². The number of allylic oxidation sites excluding steroid dienone is 1. The van der Waals surface area contributed by atoms with E-state index in [4.69, 9.17) is 4.43 Å². The summed E-state index contributed by atoms with van der Waals surface area (Å²) in [6.45, 7) is 16.9. The minimum atomic E-state index is -1.86. The highest BCUT2D eigenvalue weighted by Crippen LogP contribution is 2.44. The van der Waals surface area contributed by atoms with Gasteiger partial charge in [-0.05, 0) is 71.3 Å². The van der Waals surface area contributed by atoms with Crippen LogP contribution >= 0.6 is 11.3 Å². The highest BCUT2D eigenvalue weighted by atomic mass is 32.1. The maximum Gasteiger partial charge on any atom is 0.200 e. The van der Waals surface area contributed by atoms with E-state index in [2.05, 4.69) is 66.0 Å². The van der Waals surface area contributed by atoms with Crippen molar-refractivity contribution in [2.24, 2.45) is 0 Å². The van der Waals surface area contributed by atoms with E-state index in [0.717, 1.165) is 31.2 Å². The molecule has 0 aliphatic heterocycles. The standard InChI is InChI=1S/C24H42O2SSi/c1-8-14-24(25,21-12-10-9-11-13-21)22-15-23(27-17-22)16-26-28(18(2)3,19(4)5)20(6)7/h12,15,17-20,25H,8-11,13-14,16H2,1-7H3. The molecule has 1 aliphatic rings. The van der Waals surface area contributed by atoms with Crippen LogP contribution in [0, 0.1) is 0 Å². The fourth-order valence-corrected chi connectivity index (χ4v) is 11.8. The van der Waals surface area contributed by atoms with E-state index in [9.17, 15) is 5.11 Å². The minimum absolute atomic E-state index is 0.594. The average molecular weight is 423 g/mol. The van der Waals surface area contributed by atoms with Crippen LogP contribution < -0.4 is 0 Å². The van der Waals surface area contributed by atoms with Crippen LogP contribution in [0.2, 0.25) is 16.6 Å². The first-order valence-corrected chi connectivity index (χ1v) is 14.3. The summed E-state index contributed by atoms with van der Waals surface area (Å²) in [6.07, 6.45) is 8.67. The molecule has 4 heteroatoms. The van der Waals surface area contributed by atoms with Gasteiger partial charge in [0.25, 0.3) is 0 Å². The zero-order chi connectivity index (χ0) is 20.9. The van der Waals surface area contributed by atoms with Gasteiger partial charge in [0, 0.05) is 4.88 Å². The zero-order valence-electron chi connectivity index (χ0n) is 19.2. The van der Waals surface area contributed by atoms with Crippen LogP contribution in [0.1, 0.15) is 97.4 Å². The van der Waals surface area contributed by atoms with Gasteiger partial charge < -0.3 is 9.53 Å². The van der Waals surface area contributed by atoms with Crippen molar-refractivity contribution in [1.82, 2.24) is 0 Å². The van der Waals surface area contributed by atoms with Gasteiger partial charge in [-0.3, -0.25) is 0 Å². The zero-order valence-corrected chi connectivity index (χ0v) is 21.0. The van der Waals surface area contributed by atoms with Gasteiger partial charge in [-0.1, -0.05) is 61.0 Å². The highest BCUT2D eigenvalue weighted by Gasteiger charge is 2.45. The number of thiophene rings is 1. The molecule has 1 unspecified atom stereocenters. The maximum atomic E-state index is 11.6. The van der Waals surface area contributed by atoms with Gasteiger partial charge in [0.15, 0.2) is 0 Å². The largest absolute Gasteiger partial charge is 0.411 e. The summed E-state index contributed by atoms with van der Waals surface area (Å²) in [5.41, 5.74) is 3.31. The molecule has 0 bridgehead atoms. The molecule has 28 heavy (non-hydrogen) atoms. The van der Waals surface area contributed by atoms with Gasteiger partial charge in [0.2, 0.25) is 8.32 Å². The van der Waals surface area contributed by atoms with Gasteiger partial charge in [0.1, 0.15) is 5.60 Å². The third kappa shape index (κ3) is 4.83. The molecule has 1 aliphatic carbocycles. The molecule has 0 amide bonds. The number of hydrogen-bond acceptors (Lipinski definition) is 3. The van der Waals surface area contributed by atoms with Crippen molar-refractivity contribution in [3.05, 3.63) is 33.5 Å². The predicted octanol–water partition coefficient (Wildman–Crippen LogP) is 7.93. The fraction of sp³-hybridized carbons (Fsp3) is 0.750. The molecule has 1 atom stereocenters. The van der Waals surface area contributed by atoms with Crippen LogP contribution in [0.25, 0.3) is 0 Å². The third-order valence-electron chi connectivity index (χ3n) is 6.74. The Balaban J connectivity index is 2.23. The quantitative estimate of drug-likeness (QED) is 0.306. The molecule has 0 radical (unpaired) electrons. The van der Waals surface area contributed by atoms with Crippen molar-refractivity contribution in [1.29, 1.82) is 0 Å². The van der Waals surface area contributed by atoms with E-state index in [1.807, 2.05) is 0 Å². The van der Waals surface area contributed by atoms with E-state index in [0.29, 0.717) is 23.2 Å². The predicted molar refractivity (Wildman–Crippen MR) is 126 cm³/mol. The van der Waals surface area contributed by atoms with Crippen molar-refractivity contribution < 1.29 is 9.53 Å². The number of rotatable bonds is 10. The van der Waals surface area contributed by atoms with Crippen molar-refractivity contribution in [3.63, 3.8) is 0 Å². The van der Waals surface area contributed by atoms with E-state index in [1.165, 1.54) is 23.3 Å². The Bertz CT molecular complexity index is 625. The lowest BCUT2D eigenvalue weighted by molar-refractivity contribution is 0.0605. The maximum absolute atomic E-state index is 11.6. The molecule has 1 heterocycles. The lowest BCUT2D eigenvalue weighted by atomic mass is 9.79. The van der Waals surface area contributed by atoms with Gasteiger partial charge in [-0.25, -0.2) is 0 Å². The summed E-state index contributed by atoms with van der Waals surface area (Å²) < 4.78 is 6.78. The molecule has 0 fully saturated rings. The normalized spacial score (nSPS) is 18.0. The van der Waals surface area contributed by atoms with E-state index < -0.39 is 13.9 Å². The lowest BCUT2D eigenvalue weighted by Gasteiger charge is -2.42. The van der Waals surface area contributed by atoms with Crippen LogP contribution in [-0.4, -0.2) is 13.4 Å².